The Morgan fingerprint density at radius 3 is 2.62 bits per heavy atom. The Labute approximate surface area is 152 Å². The van der Waals surface area contributed by atoms with Gasteiger partial charge >= 0.3 is 6.09 Å². The minimum atomic E-state index is -1.05. The quantitative estimate of drug-likeness (QED) is 0.649. The fourth-order valence-electron chi connectivity index (χ4n) is 2.54. The van der Waals surface area contributed by atoms with Gasteiger partial charge in [0.25, 0.3) is 0 Å². The average molecular weight is 373 g/mol. The van der Waals surface area contributed by atoms with E-state index in [-0.39, 0.29) is 5.91 Å². The maximum atomic E-state index is 12.6. The third-order valence-corrected chi connectivity index (χ3v) is 5.20. The number of amides is 2. The largest absolute Gasteiger partial charge is 0.465 e. The molecule has 1 aromatic rings. The molecule has 0 aliphatic carbocycles. The molecule has 2 amide bonds. The summed E-state index contributed by atoms with van der Waals surface area (Å²) in [6.45, 7) is 6.01. The highest BCUT2D eigenvalue weighted by atomic mass is 32.2. The Balaban J connectivity index is 2.64. The minimum Gasteiger partial charge on any atom is -0.465 e. The lowest BCUT2D eigenvalue weighted by molar-refractivity contribution is -0.127. The first-order chi connectivity index (χ1) is 11.3. The molecule has 0 fully saturated rings. The van der Waals surface area contributed by atoms with Crippen LogP contribution >= 0.6 is 23.1 Å². The van der Waals surface area contributed by atoms with Crippen molar-refractivity contribution in [1.29, 1.82) is 0 Å². The van der Waals surface area contributed by atoms with Crippen LogP contribution in [0, 0.1) is 0 Å². The number of thioether (sulfide) groups is 1. The number of thiophene rings is 1. The summed E-state index contributed by atoms with van der Waals surface area (Å²) in [4.78, 5) is 26.8. The molecule has 0 aliphatic heterocycles. The molecule has 0 saturated heterocycles. The highest BCUT2D eigenvalue weighted by Gasteiger charge is 2.36. The van der Waals surface area contributed by atoms with E-state index in [1.54, 1.807) is 23.1 Å². The molecular weight excluding hydrogens is 344 g/mol. The number of carbonyl (C=O) groups excluding carboxylic acids is 1. The van der Waals surface area contributed by atoms with Gasteiger partial charge in [-0.1, -0.05) is 6.07 Å². The van der Waals surface area contributed by atoms with E-state index in [2.05, 4.69) is 11.4 Å². The predicted octanol–water partition coefficient (Wildman–Crippen LogP) is 3.70. The number of nitrogens with zero attached hydrogens (tertiary/aromatic N) is 1. The SMILES string of the molecule is CSCCC(C(=O)NCCCc1cccs1)N(C(=O)O)C(C)(C)C. The summed E-state index contributed by atoms with van der Waals surface area (Å²) in [6.07, 6.45) is 3.20. The Kier molecular flexibility index (Phi) is 8.62. The van der Waals surface area contributed by atoms with Crippen molar-refractivity contribution in [2.75, 3.05) is 18.6 Å². The number of rotatable bonds is 9. The van der Waals surface area contributed by atoms with E-state index in [1.807, 2.05) is 38.5 Å². The second-order valence-electron chi connectivity index (χ2n) is 6.59. The second kappa shape index (κ2) is 9.93. The first kappa shape index (κ1) is 20.8. The van der Waals surface area contributed by atoms with Gasteiger partial charge in [0.05, 0.1) is 0 Å². The normalized spacial score (nSPS) is 12.7. The molecule has 1 unspecified atom stereocenters. The van der Waals surface area contributed by atoms with Crippen molar-refractivity contribution in [2.24, 2.45) is 0 Å². The van der Waals surface area contributed by atoms with E-state index in [0.29, 0.717) is 13.0 Å². The van der Waals surface area contributed by atoms with Crippen molar-refractivity contribution >= 4 is 35.1 Å². The van der Waals surface area contributed by atoms with Gasteiger partial charge in [-0.3, -0.25) is 9.69 Å². The zero-order valence-corrected chi connectivity index (χ0v) is 16.5. The van der Waals surface area contributed by atoms with Crippen LogP contribution in [-0.2, 0) is 11.2 Å². The zero-order valence-electron chi connectivity index (χ0n) is 14.9. The fourth-order valence-corrected chi connectivity index (χ4v) is 3.75. The number of hydrogen-bond donors (Lipinski definition) is 2. The van der Waals surface area contributed by atoms with Gasteiger partial charge in [-0.15, -0.1) is 11.3 Å². The lowest BCUT2D eigenvalue weighted by Crippen LogP contribution is -2.57. The third-order valence-electron chi connectivity index (χ3n) is 3.62. The van der Waals surface area contributed by atoms with Crippen LogP contribution in [0.2, 0.25) is 0 Å². The lowest BCUT2D eigenvalue weighted by atomic mass is 10.0. The van der Waals surface area contributed by atoms with E-state index in [0.717, 1.165) is 18.6 Å². The van der Waals surface area contributed by atoms with E-state index >= 15 is 0 Å². The van der Waals surface area contributed by atoms with Crippen molar-refractivity contribution in [3.63, 3.8) is 0 Å². The molecule has 2 N–H and O–H groups in total. The van der Waals surface area contributed by atoms with Crippen LogP contribution in [-0.4, -0.2) is 52.1 Å². The summed E-state index contributed by atoms with van der Waals surface area (Å²) in [7, 11) is 0. The number of aryl methyl sites for hydroxylation is 1. The Morgan fingerprint density at radius 2 is 2.12 bits per heavy atom. The molecule has 24 heavy (non-hydrogen) atoms. The Hall–Kier alpha value is -1.21. The third kappa shape index (κ3) is 6.73. The standard InChI is InChI=1S/C17H28N2O3S2/c1-17(2,3)19(16(21)22)14(9-12-23-4)15(20)18-10-5-7-13-8-6-11-24-13/h6,8,11,14H,5,7,9-10,12H2,1-4H3,(H,18,20)(H,21,22). The first-order valence-electron chi connectivity index (χ1n) is 8.08. The molecule has 7 heteroatoms. The zero-order chi connectivity index (χ0) is 18.2. The van der Waals surface area contributed by atoms with Gasteiger partial charge in [0.15, 0.2) is 0 Å². The summed E-state index contributed by atoms with van der Waals surface area (Å²) in [5.41, 5.74) is -0.622. The van der Waals surface area contributed by atoms with Gasteiger partial charge in [0.2, 0.25) is 5.91 Å². The second-order valence-corrected chi connectivity index (χ2v) is 8.61. The maximum Gasteiger partial charge on any atom is 0.408 e. The molecule has 1 aromatic heterocycles. The topological polar surface area (TPSA) is 69.6 Å². The van der Waals surface area contributed by atoms with E-state index in [4.69, 9.17) is 0 Å². The van der Waals surface area contributed by atoms with Gasteiger partial charge in [0, 0.05) is 17.0 Å². The Bertz CT molecular complexity index is 512. The first-order valence-corrected chi connectivity index (χ1v) is 10.4. The van der Waals surface area contributed by atoms with Crippen LogP contribution in [0.1, 0.15) is 38.5 Å². The number of hydrogen-bond acceptors (Lipinski definition) is 4. The van der Waals surface area contributed by atoms with Crippen LogP contribution in [0.25, 0.3) is 0 Å². The van der Waals surface area contributed by atoms with Gasteiger partial charge < -0.3 is 10.4 Å². The molecule has 1 rings (SSSR count). The smallest absolute Gasteiger partial charge is 0.408 e. The van der Waals surface area contributed by atoms with Gasteiger partial charge in [0.1, 0.15) is 6.04 Å². The molecular formula is C17H28N2O3S2. The maximum absolute atomic E-state index is 12.6. The molecule has 1 atom stereocenters. The summed E-state index contributed by atoms with van der Waals surface area (Å²) in [5.74, 6) is 0.542. The summed E-state index contributed by atoms with van der Waals surface area (Å²) >= 11 is 3.33. The van der Waals surface area contributed by atoms with Gasteiger partial charge in [-0.05, 0) is 63.5 Å². The van der Waals surface area contributed by atoms with Crippen molar-refractivity contribution < 1.29 is 14.7 Å². The highest BCUT2D eigenvalue weighted by Crippen LogP contribution is 2.21. The van der Waals surface area contributed by atoms with Gasteiger partial charge in [-0.2, -0.15) is 11.8 Å². The van der Waals surface area contributed by atoms with Crippen molar-refractivity contribution in [3.8, 4) is 0 Å². The highest BCUT2D eigenvalue weighted by molar-refractivity contribution is 7.98. The minimum absolute atomic E-state index is 0.201. The van der Waals surface area contributed by atoms with Crippen molar-refractivity contribution in [2.45, 2.75) is 51.6 Å². The van der Waals surface area contributed by atoms with Crippen molar-refractivity contribution in [3.05, 3.63) is 22.4 Å². The number of carboxylic acid groups (broad SMARTS) is 1. The summed E-state index contributed by atoms with van der Waals surface area (Å²) in [6, 6.07) is 3.45. The molecule has 0 bridgehead atoms. The van der Waals surface area contributed by atoms with E-state index in [9.17, 15) is 14.7 Å². The van der Waals surface area contributed by atoms with E-state index in [1.165, 1.54) is 9.78 Å². The molecule has 0 spiro atoms. The Morgan fingerprint density at radius 1 is 1.42 bits per heavy atom. The van der Waals surface area contributed by atoms with Gasteiger partial charge in [-0.25, -0.2) is 4.79 Å². The van der Waals surface area contributed by atoms with Crippen molar-refractivity contribution in [1.82, 2.24) is 10.2 Å². The molecule has 0 aliphatic rings. The van der Waals surface area contributed by atoms with Crippen LogP contribution in [0.4, 0.5) is 4.79 Å². The monoisotopic (exact) mass is 372 g/mol. The predicted molar refractivity (Wildman–Crippen MR) is 102 cm³/mol. The fraction of sp³-hybridized carbons (Fsp3) is 0.647. The summed E-state index contributed by atoms with van der Waals surface area (Å²) < 4.78 is 0. The summed E-state index contributed by atoms with van der Waals surface area (Å²) in [5, 5.41) is 14.5. The molecule has 0 saturated carbocycles. The van der Waals surface area contributed by atoms with Crippen LogP contribution in [0.5, 0.6) is 0 Å². The number of nitrogens with one attached hydrogen (secondary N) is 1. The van der Waals surface area contributed by atoms with Crippen LogP contribution in [0.3, 0.4) is 0 Å². The lowest BCUT2D eigenvalue weighted by Gasteiger charge is -2.38. The van der Waals surface area contributed by atoms with E-state index < -0.39 is 17.7 Å². The molecule has 5 nitrogen and oxygen atoms in total. The molecule has 136 valence electrons. The number of carbonyl (C=O) groups is 2. The average Bonchev–Trinajstić information content (AvgIpc) is 2.99. The molecule has 0 radical (unpaired) electrons. The molecule has 0 aromatic carbocycles. The van der Waals surface area contributed by atoms with Crippen LogP contribution in [0.15, 0.2) is 17.5 Å². The molecule has 1 heterocycles. The van der Waals surface area contributed by atoms with Crippen LogP contribution < -0.4 is 5.32 Å².